The Balaban J connectivity index is 4.62. The van der Waals surface area contributed by atoms with E-state index in [0.29, 0.717) is 0 Å². The number of nitrogens with zero attached hydrogens (tertiary/aromatic N) is 1. The van der Waals surface area contributed by atoms with Gasteiger partial charge in [0.25, 0.3) is 0 Å². The summed E-state index contributed by atoms with van der Waals surface area (Å²) in [6.07, 6.45) is 0. The quantitative estimate of drug-likeness (QED) is 0.328. The van der Waals surface area contributed by atoms with Gasteiger partial charge in [-0.3, -0.25) is 0 Å². The minimum absolute atomic E-state index is 1.63. The highest BCUT2D eigenvalue weighted by atomic mass is 14.2. The lowest BCUT2D eigenvalue weighted by atomic mass is 10.4. The summed E-state index contributed by atoms with van der Waals surface area (Å²) in [6, 6.07) is 1.63. The van der Waals surface area contributed by atoms with Crippen LogP contribution in [0.3, 0.4) is 0 Å². The van der Waals surface area contributed by atoms with Crippen LogP contribution in [0.5, 0.6) is 0 Å². The lowest BCUT2D eigenvalue weighted by Gasteiger charge is -1.58. The molecule has 0 amide bonds. The molecule has 0 aliphatic rings. The van der Waals surface area contributed by atoms with Gasteiger partial charge in [-0.2, -0.15) is 5.26 Å². The molecule has 0 spiro atoms. The third kappa shape index (κ3) is 63.9. The molecule has 0 unspecified atom stereocenters. The second-order valence-corrected chi connectivity index (χ2v) is 10.2. The fourth-order valence-electron chi connectivity index (χ4n) is 2.50. The van der Waals surface area contributed by atoms with Gasteiger partial charge in [-0.25, -0.2) is 0 Å². The number of nitriles is 1. The molecule has 0 radical (unpaired) electrons. The average molecular weight is 1000 g/mol. The van der Waals surface area contributed by atoms with E-state index in [-0.39, 0.29) is 0 Å². The molecule has 0 N–H and O–H groups in total. The van der Waals surface area contributed by atoms with Crippen molar-refractivity contribution in [1.82, 2.24) is 0 Å². The van der Waals surface area contributed by atoms with Crippen molar-refractivity contribution in [3.8, 4) is 480 Å². The number of rotatable bonds is 0. The van der Waals surface area contributed by atoms with E-state index in [2.05, 4.69) is 474 Å². The van der Waals surface area contributed by atoms with E-state index in [1.54, 1.807) is 13.0 Å². The molecule has 0 aromatic rings. The van der Waals surface area contributed by atoms with Crippen LogP contribution >= 0.6 is 0 Å². The van der Waals surface area contributed by atoms with Gasteiger partial charge >= 0.3 is 0 Å². The lowest BCUT2D eigenvalue weighted by molar-refractivity contribution is 1.55. The Morgan fingerprint density at radius 1 is 0.0964 bits per heavy atom. The van der Waals surface area contributed by atoms with Crippen molar-refractivity contribution >= 4 is 0 Å². The van der Waals surface area contributed by atoms with E-state index >= 15 is 0 Å². The molecule has 0 saturated heterocycles. The molecule has 83 heavy (non-hydrogen) atoms. The number of hydrogen-bond acceptors (Lipinski definition) is 1. The normalized spacial score (nSPS) is 3.95. The first-order valence-corrected chi connectivity index (χ1v) is 20.7. The van der Waals surface area contributed by atoms with Crippen molar-refractivity contribution in [2.45, 2.75) is 6.92 Å². The van der Waals surface area contributed by atoms with Crippen LogP contribution in [0.4, 0.5) is 0 Å². The maximum Gasteiger partial charge on any atom is 0.153 e. The molecule has 0 atom stereocenters. The Morgan fingerprint density at radius 3 is 0.217 bits per heavy atom. The average Bonchev–Trinajstić information content (AvgIpc) is 3.49. The predicted molar refractivity (Wildman–Crippen MR) is 322 cm³/mol. The first-order chi connectivity index (χ1) is 41.4. The van der Waals surface area contributed by atoms with Gasteiger partial charge in [0.15, 0.2) is 6.07 Å². The van der Waals surface area contributed by atoms with E-state index in [0.717, 1.165) is 0 Å². The summed E-state index contributed by atoms with van der Waals surface area (Å²) in [6.45, 7) is 1.68. The van der Waals surface area contributed by atoms with E-state index in [4.69, 9.17) is 5.26 Å². The van der Waals surface area contributed by atoms with Gasteiger partial charge in [0.1, 0.15) is 0 Å². The molecule has 0 fully saturated rings. The van der Waals surface area contributed by atoms with Gasteiger partial charge in [-0.05, 0) is 54.3 Å². The van der Waals surface area contributed by atoms with Crippen LogP contribution in [0.2, 0.25) is 0 Å². The third-order valence-corrected chi connectivity index (χ3v) is 5.06. The Labute approximate surface area is 489 Å². The first-order valence-electron chi connectivity index (χ1n) is 20.7. The van der Waals surface area contributed by atoms with Gasteiger partial charge in [0.2, 0.25) is 0 Å². The van der Waals surface area contributed by atoms with Crippen molar-refractivity contribution in [3.63, 3.8) is 0 Å². The maximum atomic E-state index is 8.22. The smallest absolute Gasteiger partial charge is 0.153 e. The summed E-state index contributed by atoms with van der Waals surface area (Å²) in [7, 11) is 0. The largest absolute Gasteiger partial charge is 0.183 e. The Bertz CT molecular complexity index is 5660. The molecular weight excluding hydrogens is 999 g/mol. The first kappa shape index (κ1) is 64.9. The van der Waals surface area contributed by atoms with E-state index in [1.165, 1.54) is 0 Å². The minimum Gasteiger partial charge on any atom is -0.183 e. The van der Waals surface area contributed by atoms with Crippen molar-refractivity contribution in [1.29, 1.82) is 5.26 Å². The summed E-state index contributed by atoms with van der Waals surface area (Å²) in [4.78, 5) is 0. The molecule has 1 heteroatoms. The fraction of sp³-hybridized carbons (Fsp3) is 0.0122. The lowest BCUT2D eigenvalue weighted by Crippen LogP contribution is -1.57. The highest BCUT2D eigenvalue weighted by Crippen LogP contribution is 1.65. The highest BCUT2D eigenvalue weighted by Gasteiger charge is 1.65. The molecule has 0 heterocycles. The van der Waals surface area contributed by atoms with Crippen molar-refractivity contribution in [2.75, 3.05) is 0 Å². The molecular formula is C82H3N. The van der Waals surface area contributed by atoms with Gasteiger partial charge in [0, 0.05) is 420 Å². The summed E-state index contributed by atoms with van der Waals surface area (Å²) in [5, 5.41) is 8.22. The highest BCUT2D eigenvalue weighted by molar-refractivity contribution is 5.54. The van der Waals surface area contributed by atoms with Crippen LogP contribution < -0.4 is 0 Å². The van der Waals surface area contributed by atoms with Gasteiger partial charge in [-0.1, -0.05) is 5.92 Å². The predicted octanol–water partition coefficient (Wildman–Crippen LogP) is 0.666. The molecule has 0 aliphatic heterocycles. The summed E-state index contributed by atoms with van der Waals surface area (Å²) in [5.74, 6) is 199. The van der Waals surface area contributed by atoms with Gasteiger partial charge < -0.3 is 0 Å². The zero-order chi connectivity index (χ0) is 59.3. The topological polar surface area (TPSA) is 23.8 Å². The van der Waals surface area contributed by atoms with Crippen LogP contribution in [-0.4, -0.2) is 0 Å². The van der Waals surface area contributed by atoms with Crippen LogP contribution in [0, 0.1) is 485 Å². The van der Waals surface area contributed by atoms with Crippen LogP contribution in [0.25, 0.3) is 0 Å². The van der Waals surface area contributed by atoms with Crippen molar-refractivity contribution in [3.05, 3.63) is 0 Å². The van der Waals surface area contributed by atoms with Crippen LogP contribution in [0.15, 0.2) is 0 Å². The zero-order valence-corrected chi connectivity index (χ0v) is 41.9. The minimum atomic E-state index is 1.63. The summed E-state index contributed by atoms with van der Waals surface area (Å²) >= 11 is 0. The Morgan fingerprint density at radius 2 is 0.157 bits per heavy atom. The standard InChI is InChI=1S/C82H3N/c1-2-3-4-5-6-7-8-9-10-11-12-13-14-15-16-17-18-19-20-21-22-23-24-25-26-27-28-29-30-31-32-33-34-35-36-37-38-39-40-41-42-43-44-45-46-47-48-49-50-51-52-53-54-55-56-57-58-59-60-61-62-63-64-65-66-67-68-69-70-71-72-73-74-75-76-77-78-79-80-81-82-83/h1H3. The second-order valence-electron chi connectivity index (χ2n) is 10.2. The zero-order valence-electron chi connectivity index (χ0n) is 41.9. The second kappa shape index (κ2) is 63.9. The van der Waals surface area contributed by atoms with Gasteiger partial charge in [-0.15, -0.1) is 0 Å². The van der Waals surface area contributed by atoms with Crippen LogP contribution in [0.1, 0.15) is 6.92 Å². The maximum absolute atomic E-state index is 8.22. The molecule has 0 aromatic heterocycles. The monoisotopic (exact) mass is 1000 g/mol. The Hall–Kier alpha value is -18.1. The molecule has 0 saturated carbocycles. The fourth-order valence-corrected chi connectivity index (χ4v) is 2.50. The molecule has 1 nitrogen and oxygen atoms in total. The SMILES string of the molecule is CC#CC#CC#CC#CC#CC#CC#CC#CC#CC#CC#CC#CC#CC#CC#CC#CC#CC#CC#CC#CC#CC#CC#CC#CC#CC#CC#CC#CC#CC#CC#CC#CC#CC#CC#CC#CC#CC#CC#CC#CC#N. The molecule has 0 rings (SSSR count). The van der Waals surface area contributed by atoms with Crippen LogP contribution in [-0.2, 0) is 0 Å². The molecule has 0 bridgehead atoms. The van der Waals surface area contributed by atoms with Crippen molar-refractivity contribution in [2.24, 2.45) is 0 Å². The van der Waals surface area contributed by atoms with Gasteiger partial charge in [0.05, 0.1) is 0 Å². The third-order valence-electron chi connectivity index (χ3n) is 5.06. The van der Waals surface area contributed by atoms with Crippen molar-refractivity contribution < 1.29 is 0 Å². The summed E-state index contributed by atoms with van der Waals surface area (Å²) in [5.41, 5.74) is 0. The molecule has 0 aliphatic carbocycles. The van der Waals surface area contributed by atoms with E-state index in [1.807, 2.05) is 0 Å². The molecule has 336 valence electrons. The van der Waals surface area contributed by atoms with E-state index < -0.39 is 0 Å². The van der Waals surface area contributed by atoms with E-state index in [9.17, 15) is 0 Å². The molecule has 0 aromatic carbocycles. The summed E-state index contributed by atoms with van der Waals surface area (Å²) < 4.78 is 0. The Kier molecular flexibility index (Phi) is 49.9. The number of hydrogen-bond donors (Lipinski definition) is 0.